The van der Waals surface area contributed by atoms with E-state index in [2.05, 4.69) is 27.8 Å². The Balaban J connectivity index is 2.30. The van der Waals surface area contributed by atoms with Crippen LogP contribution in [0.15, 0.2) is 45.9 Å². The highest BCUT2D eigenvalue weighted by molar-refractivity contribution is 9.10. The molecule has 0 heterocycles. The Morgan fingerprint density at radius 2 is 1.86 bits per heavy atom. The van der Waals surface area contributed by atoms with E-state index >= 15 is 0 Å². The van der Waals surface area contributed by atoms with E-state index in [-0.39, 0.29) is 0 Å². The van der Waals surface area contributed by atoms with E-state index in [1.54, 1.807) is 7.11 Å². The summed E-state index contributed by atoms with van der Waals surface area (Å²) in [5.41, 5.74) is 3.08. The van der Waals surface area contributed by atoms with Gasteiger partial charge in [-0.2, -0.15) is 0 Å². The summed E-state index contributed by atoms with van der Waals surface area (Å²) in [6.45, 7) is 4.59. The van der Waals surface area contributed by atoms with E-state index in [1.807, 2.05) is 49.5 Å². The lowest BCUT2D eigenvalue weighted by Gasteiger charge is -2.11. The van der Waals surface area contributed by atoms with Crippen LogP contribution in [0, 0.1) is 6.92 Å². The quantitative estimate of drug-likeness (QED) is 0.719. The second kappa shape index (κ2) is 7.27. The molecule has 2 aromatic rings. The average Bonchev–Trinajstić information content (AvgIpc) is 2.49. The van der Waals surface area contributed by atoms with Crippen LogP contribution < -0.4 is 9.47 Å². The number of rotatable bonds is 5. The lowest BCUT2D eigenvalue weighted by atomic mass is 10.2. The number of aryl methyl sites for hydroxylation is 1. The minimum Gasteiger partial charge on any atom is -0.493 e. The van der Waals surface area contributed by atoms with E-state index in [0.717, 1.165) is 15.7 Å². The van der Waals surface area contributed by atoms with E-state index in [4.69, 9.17) is 9.47 Å². The van der Waals surface area contributed by atoms with Gasteiger partial charge in [0.1, 0.15) is 0 Å². The van der Waals surface area contributed by atoms with Gasteiger partial charge in [-0.1, -0.05) is 17.7 Å². The summed E-state index contributed by atoms with van der Waals surface area (Å²) in [7, 11) is 1.63. The van der Waals surface area contributed by atoms with Gasteiger partial charge in [0.15, 0.2) is 11.5 Å². The van der Waals surface area contributed by atoms with Gasteiger partial charge >= 0.3 is 0 Å². The van der Waals surface area contributed by atoms with Crippen LogP contribution in [-0.2, 0) is 0 Å². The van der Waals surface area contributed by atoms with Crippen molar-refractivity contribution in [1.29, 1.82) is 0 Å². The summed E-state index contributed by atoms with van der Waals surface area (Å²) in [5.74, 6) is 1.42. The Kier molecular flexibility index (Phi) is 5.39. The van der Waals surface area contributed by atoms with Crippen LogP contribution in [0.5, 0.6) is 11.5 Å². The van der Waals surface area contributed by atoms with E-state index < -0.39 is 0 Å². The molecule has 4 heteroatoms. The number of hydrogen-bond donors (Lipinski definition) is 0. The topological polar surface area (TPSA) is 30.8 Å². The van der Waals surface area contributed by atoms with Gasteiger partial charge in [0, 0.05) is 16.3 Å². The first-order chi connectivity index (χ1) is 10.1. The number of ether oxygens (including phenoxy) is 2. The van der Waals surface area contributed by atoms with Gasteiger partial charge in [0.2, 0.25) is 0 Å². The molecule has 0 radical (unpaired) electrons. The third-order valence-corrected chi connectivity index (χ3v) is 3.66. The summed E-state index contributed by atoms with van der Waals surface area (Å²) in [5, 5.41) is 0. The number of hydrogen-bond acceptors (Lipinski definition) is 3. The van der Waals surface area contributed by atoms with Gasteiger partial charge in [-0.05, 0) is 54.0 Å². The number of aliphatic imine (C=N–C) groups is 1. The van der Waals surface area contributed by atoms with Crippen molar-refractivity contribution >= 4 is 27.8 Å². The first-order valence-corrected chi connectivity index (χ1v) is 7.54. The fourth-order valence-electron chi connectivity index (χ4n) is 1.85. The lowest BCUT2D eigenvalue weighted by molar-refractivity contribution is 0.311. The van der Waals surface area contributed by atoms with Crippen molar-refractivity contribution in [2.75, 3.05) is 13.7 Å². The lowest BCUT2D eigenvalue weighted by Crippen LogP contribution is -1.97. The van der Waals surface area contributed by atoms with Crippen molar-refractivity contribution < 1.29 is 9.47 Å². The molecular formula is C17H18BrNO2. The summed E-state index contributed by atoms with van der Waals surface area (Å²) < 4.78 is 11.8. The van der Waals surface area contributed by atoms with Gasteiger partial charge in [-0.3, -0.25) is 4.99 Å². The molecule has 0 N–H and O–H groups in total. The Morgan fingerprint density at radius 3 is 2.48 bits per heavy atom. The zero-order valence-corrected chi connectivity index (χ0v) is 14.0. The molecule has 3 nitrogen and oxygen atoms in total. The minimum atomic E-state index is 0.590. The van der Waals surface area contributed by atoms with Crippen LogP contribution in [0.25, 0.3) is 0 Å². The van der Waals surface area contributed by atoms with Crippen LogP contribution in [0.1, 0.15) is 18.1 Å². The molecular weight excluding hydrogens is 330 g/mol. The maximum absolute atomic E-state index is 5.58. The largest absolute Gasteiger partial charge is 0.493 e. The zero-order chi connectivity index (χ0) is 15.2. The second-order valence-corrected chi connectivity index (χ2v) is 5.41. The summed E-state index contributed by atoms with van der Waals surface area (Å²) in [4.78, 5) is 4.48. The molecule has 110 valence electrons. The number of methoxy groups -OCH3 is 1. The standard InChI is InChI=1S/C17H18BrNO2/c1-4-21-17-9-13(15(18)10-16(17)20-3)11-19-14-7-5-12(2)6-8-14/h5-11H,4H2,1-3H3. The molecule has 0 atom stereocenters. The van der Waals surface area contributed by atoms with Gasteiger partial charge in [-0.25, -0.2) is 0 Å². The number of halogens is 1. The van der Waals surface area contributed by atoms with Gasteiger partial charge in [0.25, 0.3) is 0 Å². The SMILES string of the molecule is CCOc1cc(C=Nc2ccc(C)cc2)c(Br)cc1OC. The second-order valence-electron chi connectivity index (χ2n) is 4.55. The van der Waals surface area contributed by atoms with E-state index in [9.17, 15) is 0 Å². The molecule has 21 heavy (non-hydrogen) atoms. The van der Waals surface area contributed by atoms with Crippen LogP contribution in [0.2, 0.25) is 0 Å². The minimum absolute atomic E-state index is 0.590. The molecule has 2 rings (SSSR count). The Morgan fingerprint density at radius 1 is 1.14 bits per heavy atom. The Hall–Kier alpha value is -1.81. The smallest absolute Gasteiger partial charge is 0.161 e. The van der Waals surface area contributed by atoms with Crippen LogP contribution >= 0.6 is 15.9 Å². The Labute approximate surface area is 133 Å². The van der Waals surface area contributed by atoms with Gasteiger partial charge < -0.3 is 9.47 Å². The molecule has 0 unspecified atom stereocenters. The number of nitrogens with zero attached hydrogens (tertiary/aromatic N) is 1. The molecule has 0 aliphatic rings. The molecule has 0 saturated heterocycles. The molecule has 0 aliphatic heterocycles. The third kappa shape index (κ3) is 4.08. The van der Waals surface area contributed by atoms with Crippen molar-refractivity contribution in [1.82, 2.24) is 0 Å². The molecule has 0 amide bonds. The highest BCUT2D eigenvalue weighted by Crippen LogP contribution is 2.33. The third-order valence-electron chi connectivity index (χ3n) is 2.97. The van der Waals surface area contributed by atoms with Crippen LogP contribution in [-0.4, -0.2) is 19.9 Å². The van der Waals surface area contributed by atoms with Crippen molar-refractivity contribution in [2.24, 2.45) is 4.99 Å². The fraction of sp³-hybridized carbons (Fsp3) is 0.235. The molecule has 0 bridgehead atoms. The molecule has 0 spiro atoms. The van der Waals surface area contributed by atoms with Gasteiger partial charge in [-0.15, -0.1) is 0 Å². The van der Waals surface area contributed by atoms with Crippen molar-refractivity contribution in [3.63, 3.8) is 0 Å². The van der Waals surface area contributed by atoms with Crippen molar-refractivity contribution in [3.05, 3.63) is 52.0 Å². The summed E-state index contributed by atoms with van der Waals surface area (Å²) >= 11 is 3.53. The molecule has 0 aliphatic carbocycles. The molecule has 2 aromatic carbocycles. The highest BCUT2D eigenvalue weighted by atomic mass is 79.9. The first-order valence-electron chi connectivity index (χ1n) is 6.75. The zero-order valence-electron chi connectivity index (χ0n) is 12.4. The van der Waals surface area contributed by atoms with Gasteiger partial charge in [0.05, 0.1) is 19.4 Å². The maximum Gasteiger partial charge on any atom is 0.161 e. The van der Waals surface area contributed by atoms with E-state index in [0.29, 0.717) is 18.1 Å². The predicted molar refractivity (Wildman–Crippen MR) is 90.3 cm³/mol. The number of benzene rings is 2. The fourth-order valence-corrected chi connectivity index (χ4v) is 2.28. The maximum atomic E-state index is 5.58. The van der Waals surface area contributed by atoms with Crippen molar-refractivity contribution in [3.8, 4) is 11.5 Å². The monoisotopic (exact) mass is 347 g/mol. The normalized spacial score (nSPS) is 10.9. The summed E-state index contributed by atoms with van der Waals surface area (Å²) in [6, 6.07) is 11.9. The van der Waals surface area contributed by atoms with Crippen LogP contribution in [0.3, 0.4) is 0 Å². The average molecular weight is 348 g/mol. The molecule has 0 aromatic heterocycles. The molecule has 0 fully saturated rings. The molecule has 0 saturated carbocycles. The Bertz CT molecular complexity index is 636. The van der Waals surface area contributed by atoms with E-state index in [1.165, 1.54) is 5.56 Å². The predicted octanol–water partition coefficient (Wildman–Crippen LogP) is 4.92. The van der Waals surface area contributed by atoms with Crippen molar-refractivity contribution in [2.45, 2.75) is 13.8 Å². The summed E-state index contributed by atoms with van der Waals surface area (Å²) in [6.07, 6.45) is 1.82. The first kappa shape index (κ1) is 15.6. The highest BCUT2D eigenvalue weighted by Gasteiger charge is 2.08. The van der Waals surface area contributed by atoms with Crippen LogP contribution in [0.4, 0.5) is 5.69 Å².